The molecule has 0 saturated carbocycles. The Bertz CT molecular complexity index is 414. The van der Waals surface area contributed by atoms with E-state index in [2.05, 4.69) is 0 Å². The number of ether oxygens (including phenoxy) is 1. The van der Waals surface area contributed by atoms with Gasteiger partial charge in [-0.3, -0.25) is 10.1 Å². The fourth-order valence-electron chi connectivity index (χ4n) is 2.17. The molecule has 0 atom stereocenters. The van der Waals surface area contributed by atoms with Gasteiger partial charge in [-0.1, -0.05) is 18.2 Å². The topological polar surface area (TPSA) is 78.4 Å². The molecule has 0 aromatic heterocycles. The number of hydrogen-bond acceptors (Lipinski definition) is 4. The number of nitro groups is 1. The molecule has 0 unspecified atom stereocenters. The van der Waals surface area contributed by atoms with Gasteiger partial charge in [0.05, 0.1) is 4.92 Å². The molecule has 1 aromatic rings. The zero-order valence-corrected chi connectivity index (χ0v) is 9.59. The second kappa shape index (κ2) is 4.81. The van der Waals surface area contributed by atoms with Crippen molar-refractivity contribution < 1.29 is 9.66 Å². The lowest BCUT2D eigenvalue weighted by Gasteiger charge is -2.33. The molecule has 0 spiro atoms. The van der Waals surface area contributed by atoms with Crippen LogP contribution in [0.4, 0.5) is 5.69 Å². The van der Waals surface area contributed by atoms with Gasteiger partial charge < -0.3 is 10.5 Å². The van der Waals surface area contributed by atoms with Crippen LogP contribution in [0.1, 0.15) is 18.4 Å². The minimum absolute atomic E-state index is 0.156. The van der Waals surface area contributed by atoms with Crippen molar-refractivity contribution in [3.05, 3.63) is 39.9 Å². The molecule has 0 amide bonds. The van der Waals surface area contributed by atoms with E-state index in [9.17, 15) is 10.1 Å². The van der Waals surface area contributed by atoms with Gasteiger partial charge >= 0.3 is 0 Å². The highest BCUT2D eigenvalue weighted by atomic mass is 16.6. The molecule has 0 radical (unpaired) electrons. The molecule has 0 aliphatic carbocycles. The summed E-state index contributed by atoms with van der Waals surface area (Å²) in [5.74, 6) is 0. The molecule has 5 nitrogen and oxygen atoms in total. The summed E-state index contributed by atoms with van der Waals surface area (Å²) in [6.07, 6.45) is 2.03. The van der Waals surface area contributed by atoms with Gasteiger partial charge in [0, 0.05) is 30.4 Å². The van der Waals surface area contributed by atoms with Gasteiger partial charge in [-0.2, -0.15) is 0 Å². The van der Waals surface area contributed by atoms with Crippen molar-refractivity contribution in [3.8, 4) is 0 Å². The smallest absolute Gasteiger partial charge is 0.272 e. The lowest BCUT2D eigenvalue weighted by Crippen LogP contribution is -2.47. The number of benzene rings is 1. The average molecular weight is 236 g/mol. The largest absolute Gasteiger partial charge is 0.381 e. The van der Waals surface area contributed by atoms with E-state index < -0.39 is 0 Å². The summed E-state index contributed by atoms with van der Waals surface area (Å²) in [5.41, 5.74) is 6.75. The number of para-hydroxylation sites is 1. The maximum Gasteiger partial charge on any atom is 0.272 e. The summed E-state index contributed by atoms with van der Waals surface area (Å²) in [6, 6.07) is 6.79. The van der Waals surface area contributed by atoms with Gasteiger partial charge in [0.25, 0.3) is 5.69 Å². The lowest BCUT2D eigenvalue weighted by atomic mass is 9.84. The van der Waals surface area contributed by atoms with Crippen LogP contribution in [0.5, 0.6) is 0 Å². The Labute approximate surface area is 99.7 Å². The summed E-state index contributed by atoms with van der Waals surface area (Å²) in [6.45, 7) is 1.27. The van der Waals surface area contributed by atoms with E-state index in [-0.39, 0.29) is 16.1 Å². The van der Waals surface area contributed by atoms with Gasteiger partial charge in [-0.15, -0.1) is 0 Å². The molecule has 1 aliphatic heterocycles. The highest BCUT2D eigenvalue weighted by Gasteiger charge is 2.30. The van der Waals surface area contributed by atoms with Crippen molar-refractivity contribution >= 4 is 5.69 Å². The zero-order chi connectivity index (χ0) is 12.3. The van der Waals surface area contributed by atoms with Gasteiger partial charge in [0.1, 0.15) is 0 Å². The second-order valence-corrected chi connectivity index (χ2v) is 4.54. The Morgan fingerprint density at radius 1 is 1.35 bits per heavy atom. The average Bonchev–Trinajstić information content (AvgIpc) is 2.29. The first-order valence-electron chi connectivity index (χ1n) is 5.70. The monoisotopic (exact) mass is 236 g/mol. The summed E-state index contributed by atoms with van der Waals surface area (Å²) in [5, 5.41) is 10.9. The van der Waals surface area contributed by atoms with Crippen molar-refractivity contribution in [2.24, 2.45) is 5.73 Å². The predicted molar refractivity (Wildman–Crippen MR) is 63.8 cm³/mol. The molecule has 92 valence electrons. The third-order valence-electron chi connectivity index (χ3n) is 3.22. The van der Waals surface area contributed by atoms with E-state index in [1.165, 1.54) is 6.07 Å². The van der Waals surface area contributed by atoms with Crippen molar-refractivity contribution in [1.82, 2.24) is 0 Å². The van der Waals surface area contributed by atoms with Crippen LogP contribution in [-0.4, -0.2) is 23.7 Å². The Balaban J connectivity index is 2.20. The minimum atomic E-state index is -0.371. The van der Waals surface area contributed by atoms with Gasteiger partial charge in [-0.05, 0) is 19.3 Å². The molecular weight excluding hydrogens is 220 g/mol. The molecular formula is C12H16N2O3. The second-order valence-electron chi connectivity index (χ2n) is 4.54. The Morgan fingerprint density at radius 2 is 2.00 bits per heavy atom. The van der Waals surface area contributed by atoms with Crippen molar-refractivity contribution in [2.45, 2.75) is 24.8 Å². The Morgan fingerprint density at radius 3 is 2.65 bits per heavy atom. The van der Waals surface area contributed by atoms with Crippen molar-refractivity contribution in [1.29, 1.82) is 0 Å². The number of nitrogens with zero attached hydrogens (tertiary/aromatic N) is 1. The van der Waals surface area contributed by atoms with Crippen molar-refractivity contribution in [3.63, 3.8) is 0 Å². The van der Waals surface area contributed by atoms with Crippen LogP contribution in [0.3, 0.4) is 0 Å². The maximum atomic E-state index is 10.9. The van der Waals surface area contributed by atoms with E-state index in [4.69, 9.17) is 10.5 Å². The van der Waals surface area contributed by atoms with Crippen LogP contribution in [-0.2, 0) is 11.2 Å². The Kier molecular flexibility index (Phi) is 3.40. The summed E-state index contributed by atoms with van der Waals surface area (Å²) in [7, 11) is 0. The quantitative estimate of drug-likeness (QED) is 0.639. The SMILES string of the molecule is NC1(Cc2ccccc2[N+](=O)[O-])CCOCC1. The van der Waals surface area contributed by atoms with Crippen LogP contribution in [0.25, 0.3) is 0 Å². The van der Waals surface area contributed by atoms with E-state index >= 15 is 0 Å². The molecule has 1 saturated heterocycles. The highest BCUT2D eigenvalue weighted by Crippen LogP contribution is 2.27. The molecule has 5 heteroatoms. The van der Waals surface area contributed by atoms with Crippen LogP contribution in [0.15, 0.2) is 24.3 Å². The fraction of sp³-hybridized carbons (Fsp3) is 0.500. The highest BCUT2D eigenvalue weighted by molar-refractivity contribution is 5.40. The molecule has 17 heavy (non-hydrogen) atoms. The van der Waals surface area contributed by atoms with E-state index in [1.807, 2.05) is 6.07 Å². The molecule has 2 rings (SSSR count). The first-order valence-corrected chi connectivity index (χ1v) is 5.70. The van der Waals surface area contributed by atoms with Gasteiger partial charge in [-0.25, -0.2) is 0 Å². The maximum absolute atomic E-state index is 10.9. The zero-order valence-electron chi connectivity index (χ0n) is 9.59. The van der Waals surface area contributed by atoms with Crippen LogP contribution >= 0.6 is 0 Å². The van der Waals surface area contributed by atoms with Crippen LogP contribution < -0.4 is 5.73 Å². The Hall–Kier alpha value is -1.46. The molecule has 1 aliphatic rings. The molecule has 2 N–H and O–H groups in total. The third-order valence-corrected chi connectivity index (χ3v) is 3.22. The predicted octanol–water partition coefficient (Wildman–Crippen LogP) is 1.65. The van der Waals surface area contributed by atoms with Gasteiger partial charge in [0.2, 0.25) is 0 Å². The first-order chi connectivity index (χ1) is 8.11. The summed E-state index contributed by atoms with van der Waals surface area (Å²) in [4.78, 5) is 10.6. The first kappa shape index (κ1) is 12.0. The van der Waals surface area contributed by atoms with Crippen molar-refractivity contribution in [2.75, 3.05) is 13.2 Å². The third kappa shape index (κ3) is 2.81. The van der Waals surface area contributed by atoms with Gasteiger partial charge in [0.15, 0.2) is 0 Å². The standard InChI is InChI=1S/C12H16N2O3/c13-12(5-7-17-8-6-12)9-10-3-1-2-4-11(10)14(15)16/h1-4H,5-9,13H2. The number of hydrogen-bond donors (Lipinski definition) is 1. The fourth-order valence-corrected chi connectivity index (χ4v) is 2.17. The molecule has 0 bridgehead atoms. The lowest BCUT2D eigenvalue weighted by molar-refractivity contribution is -0.385. The number of nitro benzene ring substituents is 1. The number of nitrogens with two attached hydrogens (primary N) is 1. The van der Waals surface area contributed by atoms with E-state index in [1.54, 1.807) is 12.1 Å². The summed E-state index contributed by atoms with van der Waals surface area (Å²) >= 11 is 0. The van der Waals surface area contributed by atoms with E-state index in [0.717, 1.165) is 12.8 Å². The minimum Gasteiger partial charge on any atom is -0.381 e. The van der Waals surface area contributed by atoms with Crippen LogP contribution in [0, 0.1) is 10.1 Å². The van der Waals surface area contributed by atoms with E-state index in [0.29, 0.717) is 25.2 Å². The molecule has 1 fully saturated rings. The number of rotatable bonds is 3. The van der Waals surface area contributed by atoms with Crippen LogP contribution in [0.2, 0.25) is 0 Å². The molecule has 1 aromatic carbocycles. The molecule has 1 heterocycles. The normalized spacial score (nSPS) is 18.9. The summed E-state index contributed by atoms with van der Waals surface area (Å²) < 4.78 is 5.27.